The molecule has 80 heavy (non-hydrogen) atoms. The zero-order valence-corrected chi connectivity index (χ0v) is 52.2. The second-order valence-electron chi connectivity index (χ2n) is 22.7. The lowest BCUT2D eigenvalue weighted by Gasteiger charge is -2.25. The number of carboxylic acids is 1. The molecule has 458 valence electrons. The molecule has 0 radical (unpaired) electrons. The molecule has 9 heteroatoms. The Kier molecular flexibility index (Phi) is 57.9. The summed E-state index contributed by atoms with van der Waals surface area (Å²) in [5.74, 6) is -2.03. The number of allylic oxidation sites excluding steroid dienone is 18. The summed E-state index contributed by atoms with van der Waals surface area (Å²) in [6, 6.07) is 0. The molecule has 0 aromatic carbocycles. The maximum Gasteiger partial charge on any atom is 0.361 e. The van der Waals surface area contributed by atoms with Crippen molar-refractivity contribution in [2.24, 2.45) is 0 Å². The van der Waals surface area contributed by atoms with Gasteiger partial charge in [-0.2, -0.15) is 0 Å². The van der Waals surface area contributed by atoms with Gasteiger partial charge in [0.15, 0.2) is 6.10 Å². The topological polar surface area (TPSA) is 108 Å². The van der Waals surface area contributed by atoms with Crippen LogP contribution in [0.15, 0.2) is 109 Å². The van der Waals surface area contributed by atoms with Crippen LogP contribution in [0.5, 0.6) is 0 Å². The van der Waals surface area contributed by atoms with Crippen molar-refractivity contribution in [1.82, 2.24) is 0 Å². The van der Waals surface area contributed by atoms with E-state index in [0.717, 1.165) is 109 Å². The standard InChI is InChI=1S/C71H121NO8/c1-6-8-10-12-14-16-18-20-22-24-26-28-30-31-32-33-34-35-36-37-38-39-40-42-44-46-48-50-52-54-56-58-60-62-69(74)80-67(66-79-71(70(75)76)77-64-63-72(3,4)5)65-78-68(73)61-59-57-55-53-51-49-47-45-43-41-29-27-25-23-21-19-17-15-13-11-9-7-2/h8,10,14,16,20,22,26,28,31-32,34-35,37-38,40,42,46,48,67,71H,6-7,9,11-13,15,17-19,21,23-25,27,29-30,33,36,39,41,43-45,47,49-66H2,1-5H3/p+1/b10-8-,16-14-,22-20-,28-26-,32-31-,35-34-,38-37-,42-40-,48-46-. The highest BCUT2D eigenvalue weighted by atomic mass is 16.7. The second kappa shape index (κ2) is 61.0. The first-order valence-corrected chi connectivity index (χ1v) is 32.6. The van der Waals surface area contributed by atoms with Crippen LogP contribution in [0.3, 0.4) is 0 Å². The van der Waals surface area contributed by atoms with Gasteiger partial charge in [0.1, 0.15) is 13.2 Å². The third kappa shape index (κ3) is 61.6. The van der Waals surface area contributed by atoms with E-state index in [4.69, 9.17) is 18.9 Å². The highest BCUT2D eigenvalue weighted by Crippen LogP contribution is 2.17. The highest BCUT2D eigenvalue weighted by Gasteiger charge is 2.25. The zero-order valence-electron chi connectivity index (χ0n) is 52.2. The average molecular weight is 1120 g/mol. The van der Waals surface area contributed by atoms with Crippen molar-refractivity contribution >= 4 is 17.9 Å². The lowest BCUT2D eigenvalue weighted by molar-refractivity contribution is -0.870. The minimum atomic E-state index is -1.52. The summed E-state index contributed by atoms with van der Waals surface area (Å²) in [7, 11) is 5.96. The van der Waals surface area contributed by atoms with Crippen LogP contribution in [0.2, 0.25) is 0 Å². The summed E-state index contributed by atoms with van der Waals surface area (Å²) in [6.07, 6.45) is 81.8. The van der Waals surface area contributed by atoms with Crippen molar-refractivity contribution in [3.05, 3.63) is 109 Å². The fourth-order valence-corrected chi connectivity index (χ4v) is 8.83. The fraction of sp³-hybridized carbons (Fsp3) is 0.704. The first-order valence-electron chi connectivity index (χ1n) is 32.6. The van der Waals surface area contributed by atoms with Gasteiger partial charge in [-0.25, -0.2) is 4.79 Å². The molecule has 2 atom stereocenters. The van der Waals surface area contributed by atoms with Crippen LogP contribution >= 0.6 is 0 Å². The number of hydrogen-bond donors (Lipinski definition) is 1. The molecule has 0 aliphatic heterocycles. The van der Waals surface area contributed by atoms with Crippen LogP contribution < -0.4 is 0 Å². The number of ether oxygens (including phenoxy) is 4. The molecule has 0 aromatic rings. The molecule has 0 saturated carbocycles. The number of esters is 2. The molecule has 0 heterocycles. The quantitative estimate of drug-likeness (QED) is 0.0211. The van der Waals surface area contributed by atoms with Crippen molar-refractivity contribution in [3.8, 4) is 0 Å². The van der Waals surface area contributed by atoms with Crippen molar-refractivity contribution < 1.29 is 42.9 Å². The van der Waals surface area contributed by atoms with Gasteiger partial charge in [0.25, 0.3) is 6.29 Å². The van der Waals surface area contributed by atoms with Gasteiger partial charge in [-0.1, -0.05) is 277 Å². The molecule has 1 N–H and O–H groups in total. The lowest BCUT2D eigenvalue weighted by atomic mass is 10.0. The van der Waals surface area contributed by atoms with E-state index < -0.39 is 24.3 Å². The van der Waals surface area contributed by atoms with Gasteiger partial charge in [0.2, 0.25) is 0 Å². The van der Waals surface area contributed by atoms with E-state index in [9.17, 15) is 19.5 Å². The Bertz CT molecular complexity index is 1680. The Morgan fingerprint density at radius 1 is 0.388 bits per heavy atom. The number of quaternary nitrogens is 1. The van der Waals surface area contributed by atoms with Crippen LogP contribution in [0.4, 0.5) is 0 Å². The monoisotopic (exact) mass is 1120 g/mol. The molecule has 0 bridgehead atoms. The Morgan fingerprint density at radius 3 is 1.06 bits per heavy atom. The molecule has 0 aromatic heterocycles. The van der Waals surface area contributed by atoms with E-state index in [-0.39, 0.29) is 32.2 Å². The predicted octanol–water partition coefficient (Wildman–Crippen LogP) is 19.9. The molecule has 0 aliphatic rings. The second-order valence-corrected chi connectivity index (χ2v) is 22.7. The molecule has 0 fully saturated rings. The van der Waals surface area contributed by atoms with Crippen LogP contribution in [0.1, 0.15) is 264 Å². The van der Waals surface area contributed by atoms with Crippen molar-refractivity contribution in [2.75, 3.05) is 47.5 Å². The maximum absolute atomic E-state index is 12.9. The summed E-state index contributed by atoms with van der Waals surface area (Å²) in [6.45, 7) is 4.76. The fourth-order valence-electron chi connectivity index (χ4n) is 8.83. The van der Waals surface area contributed by atoms with Gasteiger partial charge in [-0.3, -0.25) is 9.59 Å². The summed E-state index contributed by atoms with van der Waals surface area (Å²) >= 11 is 0. The van der Waals surface area contributed by atoms with Gasteiger partial charge < -0.3 is 28.5 Å². The zero-order chi connectivity index (χ0) is 58.3. The van der Waals surface area contributed by atoms with Gasteiger partial charge in [0, 0.05) is 12.8 Å². The molecule has 0 rings (SSSR count). The number of likely N-dealkylation sites (N-methyl/N-ethyl adjacent to an activating group) is 1. The Hall–Kier alpha value is -4.05. The summed E-state index contributed by atoms with van der Waals surface area (Å²) in [4.78, 5) is 37.5. The first kappa shape index (κ1) is 76.0. The molecule has 0 spiro atoms. The van der Waals surface area contributed by atoms with E-state index in [1.807, 2.05) is 21.1 Å². The van der Waals surface area contributed by atoms with E-state index in [1.54, 1.807) is 0 Å². The highest BCUT2D eigenvalue weighted by molar-refractivity contribution is 5.71. The lowest BCUT2D eigenvalue weighted by Crippen LogP contribution is -2.40. The number of carbonyl (C=O) groups excluding carboxylic acids is 2. The number of hydrogen-bond acceptors (Lipinski definition) is 7. The number of carbonyl (C=O) groups is 3. The smallest absolute Gasteiger partial charge is 0.361 e. The van der Waals surface area contributed by atoms with Gasteiger partial charge in [-0.05, 0) is 83.5 Å². The van der Waals surface area contributed by atoms with Crippen molar-refractivity contribution in [1.29, 1.82) is 0 Å². The molecule has 9 nitrogen and oxygen atoms in total. The minimum absolute atomic E-state index is 0.179. The van der Waals surface area contributed by atoms with Crippen LogP contribution in [0.25, 0.3) is 0 Å². The minimum Gasteiger partial charge on any atom is -0.477 e. The Morgan fingerprint density at radius 2 is 0.713 bits per heavy atom. The first-order chi connectivity index (χ1) is 39.1. The number of carboxylic acid groups (broad SMARTS) is 1. The summed E-state index contributed by atoms with van der Waals surface area (Å²) < 4.78 is 22.9. The van der Waals surface area contributed by atoms with E-state index >= 15 is 0 Å². The molecule has 0 amide bonds. The number of nitrogens with zero attached hydrogens (tertiary/aromatic N) is 1. The number of unbranched alkanes of at least 4 members (excludes halogenated alkanes) is 26. The Labute approximate surface area is 492 Å². The third-order valence-electron chi connectivity index (χ3n) is 13.8. The average Bonchev–Trinajstić information content (AvgIpc) is 3.43. The van der Waals surface area contributed by atoms with E-state index in [0.29, 0.717) is 23.9 Å². The third-order valence-corrected chi connectivity index (χ3v) is 13.8. The van der Waals surface area contributed by atoms with Gasteiger partial charge in [-0.15, -0.1) is 0 Å². The summed E-state index contributed by atoms with van der Waals surface area (Å²) in [5.41, 5.74) is 0. The van der Waals surface area contributed by atoms with Crippen LogP contribution in [0, 0.1) is 0 Å². The molecular weight excluding hydrogens is 995 g/mol. The number of aliphatic carboxylic acids is 1. The summed E-state index contributed by atoms with van der Waals surface area (Å²) in [5, 5.41) is 9.73. The van der Waals surface area contributed by atoms with Crippen molar-refractivity contribution in [3.63, 3.8) is 0 Å². The van der Waals surface area contributed by atoms with Gasteiger partial charge in [0.05, 0.1) is 34.4 Å². The van der Waals surface area contributed by atoms with E-state index in [1.165, 1.54) is 122 Å². The van der Waals surface area contributed by atoms with Gasteiger partial charge >= 0.3 is 17.9 Å². The number of rotatable bonds is 59. The van der Waals surface area contributed by atoms with Crippen LogP contribution in [-0.4, -0.2) is 87.4 Å². The normalized spacial score (nSPS) is 13.5. The SMILES string of the molecule is CC/C=C\C/C=C\C/C=C\C/C=C\C/C=C\C/C=C\C/C=C\C/C=C\C/C=C\CCCCCCCC(=O)OC(COC(=O)CCCCCCCCCCCCCCCCCCCCCCCC)COC(OCC[N+](C)(C)C)C(=O)O. The maximum atomic E-state index is 12.9. The van der Waals surface area contributed by atoms with Crippen LogP contribution in [-0.2, 0) is 33.3 Å². The predicted molar refractivity (Wildman–Crippen MR) is 341 cm³/mol. The van der Waals surface area contributed by atoms with Crippen molar-refractivity contribution in [2.45, 2.75) is 277 Å². The largest absolute Gasteiger partial charge is 0.477 e. The molecule has 0 aliphatic carbocycles. The molecule has 2 unspecified atom stereocenters. The van der Waals surface area contributed by atoms with E-state index in [2.05, 4.69) is 123 Å². The molecular formula is C71H122NO8+. The Balaban J connectivity index is 4.25. The molecule has 0 saturated heterocycles.